The zero-order chi connectivity index (χ0) is 23.5. The lowest BCUT2D eigenvalue weighted by Crippen LogP contribution is -2.26. The van der Waals surface area contributed by atoms with Crippen LogP contribution in [0.2, 0.25) is 5.02 Å². The van der Waals surface area contributed by atoms with Crippen molar-refractivity contribution >= 4 is 29.0 Å². The Labute approximate surface area is 196 Å². The van der Waals surface area contributed by atoms with Gasteiger partial charge in [-0.2, -0.15) is 5.10 Å². The van der Waals surface area contributed by atoms with Gasteiger partial charge in [-0.15, -0.1) is 0 Å². The molecule has 172 valence electrons. The summed E-state index contributed by atoms with van der Waals surface area (Å²) in [5.41, 5.74) is 8.27. The van der Waals surface area contributed by atoms with Crippen LogP contribution >= 0.6 is 11.6 Å². The van der Waals surface area contributed by atoms with Crippen LogP contribution in [0.1, 0.15) is 46.9 Å². The van der Waals surface area contributed by atoms with Crippen LogP contribution in [0.25, 0.3) is 11.1 Å². The van der Waals surface area contributed by atoms with E-state index >= 15 is 4.39 Å². The number of carbonyl (C=O) groups is 1. The van der Waals surface area contributed by atoms with E-state index in [1.165, 1.54) is 4.90 Å². The highest BCUT2D eigenvalue weighted by molar-refractivity contribution is 6.34. The summed E-state index contributed by atoms with van der Waals surface area (Å²) in [5, 5.41) is 8.47. The lowest BCUT2D eigenvalue weighted by atomic mass is 9.80. The summed E-state index contributed by atoms with van der Waals surface area (Å²) in [6, 6.07) is 5.38. The number of fused-ring (bicyclic) bond motifs is 2. The van der Waals surface area contributed by atoms with E-state index in [-0.39, 0.29) is 28.3 Å². The maximum Gasteiger partial charge on any atom is 0.258 e. The number of benzene rings is 1. The van der Waals surface area contributed by atoms with E-state index in [0.717, 1.165) is 42.9 Å². The third-order valence-electron chi connectivity index (χ3n) is 6.92. The molecule has 1 spiro atoms. The number of nitrogens with one attached hydrogen (secondary N) is 1. The van der Waals surface area contributed by atoms with E-state index in [4.69, 9.17) is 17.3 Å². The number of amides is 1. The largest absolute Gasteiger partial charge is 0.398 e. The summed E-state index contributed by atoms with van der Waals surface area (Å²) in [6.45, 7) is 2.71. The van der Waals surface area contributed by atoms with Crippen molar-refractivity contribution in [3.8, 4) is 11.1 Å². The van der Waals surface area contributed by atoms with Gasteiger partial charge in [0.1, 0.15) is 11.6 Å². The number of nitrogens with two attached hydrogens (primary N) is 1. The van der Waals surface area contributed by atoms with Gasteiger partial charge >= 0.3 is 0 Å². The molecule has 7 nitrogen and oxygen atoms in total. The van der Waals surface area contributed by atoms with Gasteiger partial charge in [0.05, 0.1) is 22.3 Å². The Morgan fingerprint density at radius 3 is 2.82 bits per heavy atom. The van der Waals surface area contributed by atoms with Crippen LogP contribution in [0.15, 0.2) is 30.6 Å². The summed E-state index contributed by atoms with van der Waals surface area (Å²) in [7, 11) is 3.12. The molecule has 2 atom stereocenters. The number of carbonyl (C=O) groups excluding carboxylic acids is 1. The standard InChI is InChI=1S/C24H26ClFN6O/c1-13-7-9-32(30-13)14-6-8-24(10-14)12-29-22-19(24)20(25)16(11-28-22)15-4-5-17(27)18(21(15)26)23(33)31(2)3/h4-5,7,9,11,14H,6,8,10,12,27H2,1-3H3,(H,28,29). The Bertz CT molecular complexity index is 1270. The van der Waals surface area contributed by atoms with Gasteiger partial charge in [0.15, 0.2) is 0 Å². The highest BCUT2D eigenvalue weighted by Crippen LogP contribution is 2.54. The number of aromatic nitrogens is 3. The smallest absolute Gasteiger partial charge is 0.258 e. The van der Waals surface area contributed by atoms with Crippen molar-refractivity contribution in [2.45, 2.75) is 37.6 Å². The molecule has 2 unspecified atom stereocenters. The van der Waals surface area contributed by atoms with E-state index in [0.29, 0.717) is 10.6 Å². The van der Waals surface area contributed by atoms with Crippen LogP contribution in [-0.4, -0.2) is 46.2 Å². The first kappa shape index (κ1) is 21.7. The van der Waals surface area contributed by atoms with Crippen molar-refractivity contribution in [3.63, 3.8) is 0 Å². The van der Waals surface area contributed by atoms with Crippen LogP contribution in [-0.2, 0) is 5.41 Å². The van der Waals surface area contributed by atoms with Crippen molar-refractivity contribution in [1.82, 2.24) is 19.7 Å². The molecule has 1 saturated carbocycles. The topological polar surface area (TPSA) is 89.1 Å². The Kier molecular flexibility index (Phi) is 5.08. The van der Waals surface area contributed by atoms with Gasteiger partial charge in [-0.25, -0.2) is 9.37 Å². The molecular weight excluding hydrogens is 443 g/mol. The number of anilines is 2. The molecular formula is C24H26ClFN6O. The van der Waals surface area contributed by atoms with Crippen molar-refractivity contribution < 1.29 is 9.18 Å². The molecule has 3 heterocycles. The summed E-state index contributed by atoms with van der Waals surface area (Å²) < 4.78 is 17.6. The van der Waals surface area contributed by atoms with Crippen molar-refractivity contribution in [2.75, 3.05) is 31.7 Å². The number of aryl methyl sites for hydroxylation is 1. The molecule has 0 bridgehead atoms. The average Bonchev–Trinajstić information content (AvgIpc) is 3.49. The molecule has 0 saturated heterocycles. The molecule has 2 aliphatic rings. The molecule has 1 amide bonds. The zero-order valence-corrected chi connectivity index (χ0v) is 19.6. The summed E-state index contributed by atoms with van der Waals surface area (Å²) >= 11 is 6.97. The Balaban J connectivity index is 1.58. The minimum absolute atomic E-state index is 0.0893. The quantitative estimate of drug-likeness (QED) is 0.555. The normalized spacial score (nSPS) is 21.3. The van der Waals surface area contributed by atoms with Crippen molar-refractivity contribution in [2.24, 2.45) is 0 Å². The zero-order valence-electron chi connectivity index (χ0n) is 18.8. The highest BCUT2D eigenvalue weighted by atomic mass is 35.5. The first-order valence-corrected chi connectivity index (χ1v) is 11.3. The fraction of sp³-hybridized carbons (Fsp3) is 0.375. The van der Waals surface area contributed by atoms with Gasteiger partial charge < -0.3 is 16.0 Å². The molecule has 0 radical (unpaired) electrons. The number of nitrogens with zero attached hydrogens (tertiary/aromatic N) is 4. The van der Waals surface area contributed by atoms with Crippen molar-refractivity contribution in [3.05, 3.63) is 58.3 Å². The molecule has 1 fully saturated rings. The number of hydrogen-bond donors (Lipinski definition) is 2. The molecule has 33 heavy (non-hydrogen) atoms. The van der Waals surface area contributed by atoms with Crippen LogP contribution in [0.4, 0.5) is 15.9 Å². The van der Waals surface area contributed by atoms with Gasteiger partial charge in [-0.1, -0.05) is 11.6 Å². The minimum atomic E-state index is -0.686. The van der Waals surface area contributed by atoms with Crippen molar-refractivity contribution in [1.29, 1.82) is 0 Å². The number of nitrogen functional groups attached to an aromatic ring is 1. The second-order valence-corrected chi connectivity index (χ2v) is 9.65. The fourth-order valence-electron chi connectivity index (χ4n) is 5.22. The number of hydrogen-bond acceptors (Lipinski definition) is 5. The Hall–Kier alpha value is -3.13. The second-order valence-electron chi connectivity index (χ2n) is 9.27. The molecule has 1 aromatic carbocycles. The minimum Gasteiger partial charge on any atom is -0.398 e. The van der Waals surface area contributed by atoms with Crippen LogP contribution in [0, 0.1) is 12.7 Å². The molecule has 9 heteroatoms. The van der Waals surface area contributed by atoms with Crippen LogP contribution < -0.4 is 11.1 Å². The Morgan fingerprint density at radius 2 is 2.12 bits per heavy atom. The molecule has 2 aromatic heterocycles. The van der Waals surface area contributed by atoms with E-state index in [2.05, 4.69) is 15.4 Å². The second kappa shape index (κ2) is 7.73. The van der Waals surface area contributed by atoms with Crippen LogP contribution in [0.5, 0.6) is 0 Å². The third-order valence-corrected chi connectivity index (χ3v) is 7.32. The molecule has 5 rings (SSSR count). The van der Waals surface area contributed by atoms with Gasteiger partial charge in [0.25, 0.3) is 5.91 Å². The maximum absolute atomic E-state index is 15.6. The predicted octanol–water partition coefficient (Wildman–Crippen LogP) is 4.42. The number of rotatable bonds is 3. The monoisotopic (exact) mass is 468 g/mol. The lowest BCUT2D eigenvalue weighted by molar-refractivity contribution is 0.0824. The molecule has 1 aliphatic carbocycles. The van der Waals surface area contributed by atoms with Gasteiger partial charge in [0.2, 0.25) is 0 Å². The SMILES string of the molecule is Cc1ccn(C2CCC3(CNc4ncc(-c5ccc(N)c(C(=O)N(C)C)c5F)c(Cl)c43)C2)n1. The van der Waals surface area contributed by atoms with Gasteiger partial charge in [-0.3, -0.25) is 9.48 Å². The molecule has 3 N–H and O–H groups in total. The predicted molar refractivity (Wildman–Crippen MR) is 127 cm³/mol. The molecule has 3 aromatic rings. The third kappa shape index (κ3) is 3.35. The maximum atomic E-state index is 15.6. The van der Waals surface area contributed by atoms with Crippen LogP contribution in [0.3, 0.4) is 0 Å². The van der Waals surface area contributed by atoms with Gasteiger partial charge in [-0.05, 0) is 44.4 Å². The average molecular weight is 469 g/mol. The first-order chi connectivity index (χ1) is 15.7. The molecule has 1 aliphatic heterocycles. The van der Waals surface area contributed by atoms with E-state index in [9.17, 15) is 4.79 Å². The fourth-order valence-corrected chi connectivity index (χ4v) is 5.66. The number of halogens is 2. The van der Waals surface area contributed by atoms with Gasteiger partial charge in [0, 0.05) is 60.8 Å². The summed E-state index contributed by atoms with van der Waals surface area (Å²) in [6.07, 6.45) is 6.35. The summed E-state index contributed by atoms with van der Waals surface area (Å²) in [4.78, 5) is 18.4. The number of pyridine rings is 1. The van der Waals surface area contributed by atoms with E-state index in [1.807, 2.05) is 23.9 Å². The lowest BCUT2D eigenvalue weighted by Gasteiger charge is -2.25. The first-order valence-electron chi connectivity index (χ1n) is 11.0. The highest BCUT2D eigenvalue weighted by Gasteiger charge is 2.48. The van der Waals surface area contributed by atoms with E-state index < -0.39 is 11.7 Å². The van der Waals surface area contributed by atoms with E-state index in [1.54, 1.807) is 32.4 Å². The summed E-state index contributed by atoms with van der Waals surface area (Å²) in [5.74, 6) is -0.446. The Morgan fingerprint density at radius 1 is 1.33 bits per heavy atom.